The Labute approximate surface area is 113 Å². The molecule has 0 atom stereocenters. The Hall–Kier alpha value is -0.920. The molecule has 0 radical (unpaired) electrons. The molecule has 3 rings (SSSR count). The molecule has 2 heterocycles. The van der Waals surface area contributed by atoms with Gasteiger partial charge < -0.3 is 0 Å². The van der Waals surface area contributed by atoms with Crippen LogP contribution in [0.1, 0.15) is 29.6 Å². The van der Waals surface area contributed by atoms with Gasteiger partial charge in [-0.05, 0) is 24.3 Å². The quantitative estimate of drug-likeness (QED) is 0.812. The van der Waals surface area contributed by atoms with E-state index in [9.17, 15) is 8.42 Å². The summed E-state index contributed by atoms with van der Waals surface area (Å²) >= 11 is 1.61. The summed E-state index contributed by atoms with van der Waals surface area (Å²) in [7, 11) is 1.55. The number of aromatic nitrogens is 3. The third-order valence-electron chi connectivity index (χ3n) is 2.78. The van der Waals surface area contributed by atoms with E-state index in [4.69, 9.17) is 10.7 Å². The molecule has 0 unspecified atom stereocenters. The molecular weight excluding hydrogens is 294 g/mol. The van der Waals surface area contributed by atoms with Crippen molar-refractivity contribution in [1.82, 2.24) is 14.8 Å². The van der Waals surface area contributed by atoms with E-state index in [1.165, 1.54) is 0 Å². The summed E-state index contributed by atoms with van der Waals surface area (Å²) in [5.41, 5.74) is 0. The van der Waals surface area contributed by atoms with Crippen LogP contribution in [0, 0.1) is 0 Å². The van der Waals surface area contributed by atoms with Gasteiger partial charge in [0.05, 0.1) is 0 Å². The van der Waals surface area contributed by atoms with Gasteiger partial charge in [-0.2, -0.15) is 0 Å². The summed E-state index contributed by atoms with van der Waals surface area (Å²) in [4.78, 5) is 1.13. The minimum atomic E-state index is -3.83. The van der Waals surface area contributed by atoms with Crippen molar-refractivity contribution in [2.45, 2.75) is 30.5 Å². The first kappa shape index (κ1) is 12.1. The average Bonchev–Trinajstić information content (AvgIpc) is 2.84. The van der Waals surface area contributed by atoms with Crippen LogP contribution >= 0.6 is 22.0 Å². The third kappa shape index (κ3) is 2.30. The molecule has 0 saturated heterocycles. The molecule has 1 saturated carbocycles. The van der Waals surface area contributed by atoms with Crippen molar-refractivity contribution in [2.75, 3.05) is 0 Å². The van der Waals surface area contributed by atoms with Crippen molar-refractivity contribution in [3.05, 3.63) is 28.2 Å². The highest BCUT2D eigenvalue weighted by molar-refractivity contribution is 8.13. The molecule has 1 aliphatic rings. The van der Waals surface area contributed by atoms with Gasteiger partial charge in [-0.25, -0.2) is 8.42 Å². The normalized spacial score (nSPS) is 16.1. The van der Waals surface area contributed by atoms with E-state index in [0.29, 0.717) is 12.2 Å². The molecule has 96 valence electrons. The lowest BCUT2D eigenvalue weighted by Crippen LogP contribution is -2.08. The fourth-order valence-electron chi connectivity index (χ4n) is 1.86. The van der Waals surface area contributed by atoms with E-state index in [-0.39, 0.29) is 11.2 Å². The summed E-state index contributed by atoms with van der Waals surface area (Å²) in [6, 6.07) is 4.13. The zero-order valence-electron chi connectivity index (χ0n) is 9.28. The molecule has 0 amide bonds. The highest BCUT2D eigenvalue weighted by atomic mass is 35.7. The first-order valence-corrected chi connectivity index (χ1v) is 8.65. The SMILES string of the molecule is O=S(=O)(Cl)c1nnc(Cc2cccs2)n1C1CC1. The van der Waals surface area contributed by atoms with Crippen LogP contribution in [-0.4, -0.2) is 23.2 Å². The fraction of sp³-hybridized carbons (Fsp3) is 0.400. The molecular formula is C10H10ClN3O2S2. The Morgan fingerprint density at radius 1 is 1.44 bits per heavy atom. The van der Waals surface area contributed by atoms with Crippen molar-refractivity contribution in [2.24, 2.45) is 0 Å². The highest BCUT2D eigenvalue weighted by Gasteiger charge is 2.33. The number of thiophene rings is 1. The van der Waals surface area contributed by atoms with Crippen molar-refractivity contribution in [3.8, 4) is 0 Å². The van der Waals surface area contributed by atoms with Crippen molar-refractivity contribution >= 4 is 31.1 Å². The summed E-state index contributed by atoms with van der Waals surface area (Å²) in [6.07, 6.45) is 2.50. The summed E-state index contributed by atoms with van der Waals surface area (Å²) < 4.78 is 24.6. The molecule has 1 fully saturated rings. The number of nitrogens with zero attached hydrogens (tertiary/aromatic N) is 3. The Morgan fingerprint density at radius 2 is 2.22 bits per heavy atom. The average molecular weight is 304 g/mol. The van der Waals surface area contributed by atoms with Gasteiger partial charge in [0.15, 0.2) is 0 Å². The zero-order valence-corrected chi connectivity index (χ0v) is 11.7. The Balaban J connectivity index is 2.02. The lowest BCUT2D eigenvalue weighted by Gasteiger charge is -2.05. The van der Waals surface area contributed by atoms with E-state index in [2.05, 4.69) is 10.2 Å². The Morgan fingerprint density at radius 3 is 2.78 bits per heavy atom. The second-order valence-corrected chi connectivity index (χ2v) is 7.69. The molecule has 0 aliphatic heterocycles. The third-order valence-corrected chi connectivity index (χ3v) is 4.78. The van der Waals surface area contributed by atoms with Crippen LogP contribution < -0.4 is 0 Å². The molecule has 0 spiro atoms. The molecule has 18 heavy (non-hydrogen) atoms. The van der Waals surface area contributed by atoms with Crippen LogP contribution in [0.15, 0.2) is 22.7 Å². The van der Waals surface area contributed by atoms with Crippen molar-refractivity contribution in [1.29, 1.82) is 0 Å². The molecule has 2 aromatic heterocycles. The summed E-state index contributed by atoms with van der Waals surface area (Å²) in [6.45, 7) is 0. The van der Waals surface area contributed by atoms with Gasteiger partial charge >= 0.3 is 0 Å². The van der Waals surface area contributed by atoms with Crippen LogP contribution in [-0.2, 0) is 15.5 Å². The van der Waals surface area contributed by atoms with Gasteiger partial charge in [-0.3, -0.25) is 4.57 Å². The number of hydrogen-bond acceptors (Lipinski definition) is 5. The molecule has 0 bridgehead atoms. The van der Waals surface area contributed by atoms with E-state index in [1.54, 1.807) is 15.9 Å². The lowest BCUT2D eigenvalue weighted by atomic mass is 10.3. The smallest absolute Gasteiger partial charge is 0.296 e. The predicted molar refractivity (Wildman–Crippen MR) is 68.5 cm³/mol. The van der Waals surface area contributed by atoms with Crippen LogP contribution in [0.3, 0.4) is 0 Å². The largest absolute Gasteiger partial charge is 0.297 e. The lowest BCUT2D eigenvalue weighted by molar-refractivity contribution is 0.571. The predicted octanol–water partition coefficient (Wildman–Crippen LogP) is 2.19. The van der Waals surface area contributed by atoms with Gasteiger partial charge in [0.25, 0.3) is 14.2 Å². The Kier molecular flexibility index (Phi) is 2.91. The van der Waals surface area contributed by atoms with Crippen molar-refractivity contribution in [3.63, 3.8) is 0 Å². The Bertz CT molecular complexity index is 659. The minimum Gasteiger partial charge on any atom is -0.297 e. The monoisotopic (exact) mass is 303 g/mol. The molecule has 2 aromatic rings. The maximum atomic E-state index is 11.4. The van der Waals surface area contributed by atoms with Crippen LogP contribution in [0.4, 0.5) is 0 Å². The fourth-order valence-corrected chi connectivity index (χ4v) is 3.51. The van der Waals surface area contributed by atoms with Crippen LogP contribution in [0.5, 0.6) is 0 Å². The van der Waals surface area contributed by atoms with Crippen LogP contribution in [0.25, 0.3) is 0 Å². The van der Waals surface area contributed by atoms with Gasteiger partial charge in [-0.15, -0.1) is 21.5 Å². The van der Waals surface area contributed by atoms with Gasteiger partial charge in [0, 0.05) is 28.0 Å². The van der Waals surface area contributed by atoms with Gasteiger partial charge in [-0.1, -0.05) is 6.07 Å². The van der Waals surface area contributed by atoms with E-state index in [1.807, 2.05) is 17.5 Å². The van der Waals surface area contributed by atoms with E-state index >= 15 is 0 Å². The molecule has 8 heteroatoms. The minimum absolute atomic E-state index is 0.127. The number of rotatable bonds is 4. The number of halogens is 1. The topological polar surface area (TPSA) is 64.8 Å². The van der Waals surface area contributed by atoms with Gasteiger partial charge in [0.1, 0.15) is 5.82 Å². The maximum Gasteiger partial charge on any atom is 0.296 e. The first-order chi connectivity index (χ1) is 8.55. The van der Waals surface area contributed by atoms with E-state index in [0.717, 1.165) is 17.7 Å². The molecule has 0 N–H and O–H groups in total. The summed E-state index contributed by atoms with van der Waals surface area (Å²) in [5, 5.41) is 9.55. The van der Waals surface area contributed by atoms with Crippen LogP contribution in [0.2, 0.25) is 0 Å². The molecule has 0 aromatic carbocycles. The standard InChI is InChI=1S/C10H10ClN3O2S2/c11-18(15,16)10-13-12-9(14(10)7-3-4-7)6-8-2-1-5-17-8/h1-2,5,7H,3-4,6H2. The number of hydrogen-bond donors (Lipinski definition) is 0. The highest BCUT2D eigenvalue weighted by Crippen LogP contribution is 2.38. The second-order valence-electron chi connectivity index (χ2n) is 4.19. The second kappa shape index (κ2) is 4.32. The van der Waals surface area contributed by atoms with E-state index < -0.39 is 9.05 Å². The van der Waals surface area contributed by atoms with Crippen molar-refractivity contribution < 1.29 is 8.42 Å². The summed E-state index contributed by atoms with van der Waals surface area (Å²) in [5.74, 6) is 0.666. The maximum absolute atomic E-state index is 11.4. The van der Waals surface area contributed by atoms with Gasteiger partial charge in [0.2, 0.25) is 0 Å². The first-order valence-electron chi connectivity index (χ1n) is 5.46. The zero-order chi connectivity index (χ0) is 12.8. The molecule has 1 aliphatic carbocycles. The molecule has 5 nitrogen and oxygen atoms in total.